The molecule has 3 nitrogen and oxygen atoms in total. The Labute approximate surface area is 90.4 Å². The number of hydrogen-bond donors (Lipinski definition) is 1. The monoisotopic (exact) mass is 209 g/mol. The van der Waals surface area contributed by atoms with Crippen LogP contribution in [-0.2, 0) is 0 Å². The molecule has 1 heterocycles. The average Bonchev–Trinajstić information content (AvgIpc) is 2.12. The Balaban J connectivity index is 2.98. The summed E-state index contributed by atoms with van der Waals surface area (Å²) in [4.78, 5) is 11.2. The van der Waals surface area contributed by atoms with Gasteiger partial charge in [0.1, 0.15) is 0 Å². The maximum absolute atomic E-state index is 11.2. The van der Waals surface area contributed by atoms with E-state index in [-0.39, 0.29) is 12.0 Å². The van der Waals surface area contributed by atoms with Crippen LogP contribution >= 0.6 is 0 Å². The zero-order valence-corrected chi connectivity index (χ0v) is 9.66. The van der Waals surface area contributed by atoms with Gasteiger partial charge in [-0.25, -0.2) is 0 Å². The van der Waals surface area contributed by atoms with E-state index in [9.17, 15) is 4.79 Å². The summed E-state index contributed by atoms with van der Waals surface area (Å²) in [6.45, 7) is 6.23. The van der Waals surface area contributed by atoms with Gasteiger partial charge in [0.05, 0.1) is 0 Å². The Bertz CT molecular complexity index is 355. The summed E-state index contributed by atoms with van der Waals surface area (Å²) in [7, 11) is 0. The summed E-state index contributed by atoms with van der Waals surface area (Å²) >= 11 is 0. The van der Waals surface area contributed by atoms with E-state index >= 15 is 0 Å². The fourth-order valence-corrected chi connectivity index (χ4v) is 2.08. The first-order valence-corrected chi connectivity index (χ1v) is 5.37. The number of rotatable bonds is 4. The van der Waals surface area contributed by atoms with Crippen molar-refractivity contribution in [3.63, 3.8) is 0 Å². The van der Waals surface area contributed by atoms with E-state index in [1.54, 1.807) is 12.1 Å². The third-order valence-electron chi connectivity index (χ3n) is 2.68. The lowest BCUT2D eigenvalue weighted by Crippen LogP contribution is -2.16. The van der Waals surface area contributed by atoms with Crippen molar-refractivity contribution in [2.75, 3.05) is 6.61 Å². The third kappa shape index (κ3) is 2.93. The smallest absolute Gasteiger partial charge is 0.182 e. The van der Waals surface area contributed by atoms with Gasteiger partial charge in [-0.2, -0.15) is 0 Å². The molecule has 0 aromatic carbocycles. The Kier molecular flexibility index (Phi) is 4.09. The van der Waals surface area contributed by atoms with Crippen molar-refractivity contribution in [2.45, 2.75) is 39.7 Å². The van der Waals surface area contributed by atoms with Crippen molar-refractivity contribution in [3.8, 4) is 0 Å². The van der Waals surface area contributed by atoms with Crippen LogP contribution < -0.4 is 5.43 Å². The minimum absolute atomic E-state index is 0.0654. The van der Waals surface area contributed by atoms with Gasteiger partial charge in [0.2, 0.25) is 0 Å². The van der Waals surface area contributed by atoms with E-state index in [1.807, 2.05) is 13.8 Å². The van der Waals surface area contributed by atoms with Crippen LogP contribution in [0.3, 0.4) is 0 Å². The summed E-state index contributed by atoms with van der Waals surface area (Å²) < 4.78 is 2.15. The molecule has 1 aromatic rings. The SMILES string of the molecule is Cc1cc(=O)cc(C)n1C(C)CCCO. The van der Waals surface area contributed by atoms with Gasteiger partial charge in [-0.1, -0.05) is 0 Å². The molecule has 3 heteroatoms. The maximum Gasteiger partial charge on any atom is 0.182 e. The van der Waals surface area contributed by atoms with E-state index in [2.05, 4.69) is 11.5 Å². The summed E-state index contributed by atoms with van der Waals surface area (Å²) in [5.41, 5.74) is 2.05. The van der Waals surface area contributed by atoms with Gasteiger partial charge in [0.25, 0.3) is 0 Å². The highest BCUT2D eigenvalue weighted by atomic mass is 16.2. The van der Waals surface area contributed by atoms with E-state index in [1.165, 1.54) is 0 Å². The van der Waals surface area contributed by atoms with Gasteiger partial charge in [-0.05, 0) is 33.6 Å². The lowest BCUT2D eigenvalue weighted by Gasteiger charge is -2.21. The standard InChI is InChI=1S/C12H19NO2/c1-9(5-4-6-14)13-10(2)7-12(15)8-11(13)3/h7-9,14H,4-6H2,1-3H3. The van der Waals surface area contributed by atoms with Gasteiger partial charge in [0, 0.05) is 36.2 Å². The van der Waals surface area contributed by atoms with Crippen LogP contribution in [0.15, 0.2) is 16.9 Å². The van der Waals surface area contributed by atoms with Gasteiger partial charge in [0.15, 0.2) is 5.43 Å². The van der Waals surface area contributed by atoms with Crippen LogP contribution in [-0.4, -0.2) is 16.3 Å². The van der Waals surface area contributed by atoms with Gasteiger partial charge in [-0.3, -0.25) is 4.79 Å². The second kappa shape index (κ2) is 5.12. The molecule has 0 aliphatic carbocycles. The van der Waals surface area contributed by atoms with E-state index in [4.69, 9.17) is 5.11 Å². The van der Waals surface area contributed by atoms with Crippen LogP contribution in [0.2, 0.25) is 0 Å². The molecule has 0 spiro atoms. The first kappa shape index (κ1) is 12.0. The van der Waals surface area contributed by atoms with Crippen LogP contribution in [0.4, 0.5) is 0 Å². The summed E-state index contributed by atoms with van der Waals surface area (Å²) in [6.07, 6.45) is 1.73. The molecule has 0 radical (unpaired) electrons. The quantitative estimate of drug-likeness (QED) is 0.821. The van der Waals surface area contributed by atoms with Crippen LogP contribution in [0.5, 0.6) is 0 Å². The van der Waals surface area contributed by atoms with E-state index in [0.29, 0.717) is 6.04 Å². The highest BCUT2D eigenvalue weighted by Gasteiger charge is 2.08. The average molecular weight is 209 g/mol. The number of aliphatic hydroxyl groups excluding tert-OH is 1. The Hall–Kier alpha value is -1.09. The number of aliphatic hydroxyl groups is 1. The molecule has 15 heavy (non-hydrogen) atoms. The van der Waals surface area contributed by atoms with Crippen molar-refractivity contribution >= 4 is 0 Å². The van der Waals surface area contributed by atoms with Gasteiger partial charge < -0.3 is 9.67 Å². The molecule has 1 aromatic heterocycles. The largest absolute Gasteiger partial charge is 0.396 e. The zero-order chi connectivity index (χ0) is 11.4. The molecule has 1 rings (SSSR count). The molecule has 0 amide bonds. The maximum atomic E-state index is 11.2. The molecule has 0 aliphatic rings. The summed E-state index contributed by atoms with van der Waals surface area (Å²) in [5, 5.41) is 8.79. The van der Waals surface area contributed by atoms with Crippen LogP contribution in [0, 0.1) is 13.8 Å². The second-order valence-corrected chi connectivity index (χ2v) is 4.06. The predicted molar refractivity (Wildman–Crippen MR) is 61.2 cm³/mol. The van der Waals surface area contributed by atoms with Gasteiger partial charge >= 0.3 is 0 Å². The Morgan fingerprint density at radius 3 is 2.33 bits per heavy atom. The highest BCUT2D eigenvalue weighted by Crippen LogP contribution is 2.16. The normalized spacial score (nSPS) is 12.8. The van der Waals surface area contributed by atoms with Crippen LogP contribution in [0.1, 0.15) is 37.2 Å². The molecule has 0 saturated heterocycles. The number of pyridine rings is 1. The highest BCUT2D eigenvalue weighted by molar-refractivity contribution is 5.13. The minimum atomic E-state index is 0.0654. The summed E-state index contributed by atoms with van der Waals surface area (Å²) in [5.74, 6) is 0. The second-order valence-electron chi connectivity index (χ2n) is 4.06. The van der Waals surface area contributed by atoms with Crippen molar-refractivity contribution in [3.05, 3.63) is 33.7 Å². The van der Waals surface area contributed by atoms with Gasteiger partial charge in [-0.15, -0.1) is 0 Å². The molecule has 84 valence electrons. The van der Waals surface area contributed by atoms with Crippen LogP contribution in [0.25, 0.3) is 0 Å². The lowest BCUT2D eigenvalue weighted by molar-refractivity contribution is 0.272. The number of nitrogens with zero attached hydrogens (tertiary/aromatic N) is 1. The fraction of sp³-hybridized carbons (Fsp3) is 0.583. The predicted octanol–water partition coefficient (Wildman–Crippen LogP) is 1.80. The Morgan fingerprint density at radius 2 is 1.87 bits per heavy atom. The van der Waals surface area contributed by atoms with Crippen molar-refractivity contribution in [1.29, 1.82) is 0 Å². The molecule has 0 fully saturated rings. The topological polar surface area (TPSA) is 42.2 Å². The number of aromatic nitrogens is 1. The summed E-state index contributed by atoms with van der Waals surface area (Å²) in [6, 6.07) is 3.64. The van der Waals surface area contributed by atoms with Crippen molar-refractivity contribution < 1.29 is 5.11 Å². The third-order valence-corrected chi connectivity index (χ3v) is 2.68. The number of hydrogen-bond acceptors (Lipinski definition) is 2. The molecule has 1 N–H and O–H groups in total. The molecule has 1 unspecified atom stereocenters. The van der Waals surface area contributed by atoms with Crippen molar-refractivity contribution in [1.82, 2.24) is 4.57 Å². The van der Waals surface area contributed by atoms with E-state index in [0.717, 1.165) is 24.2 Å². The fourth-order valence-electron chi connectivity index (χ4n) is 2.08. The molecule has 0 saturated carbocycles. The van der Waals surface area contributed by atoms with Crippen molar-refractivity contribution in [2.24, 2.45) is 0 Å². The zero-order valence-electron chi connectivity index (χ0n) is 9.66. The Morgan fingerprint density at radius 1 is 1.33 bits per heavy atom. The molecular weight excluding hydrogens is 190 g/mol. The lowest BCUT2D eigenvalue weighted by atomic mass is 10.1. The minimum Gasteiger partial charge on any atom is -0.396 e. The van der Waals surface area contributed by atoms with E-state index < -0.39 is 0 Å². The molecular formula is C12H19NO2. The molecule has 0 bridgehead atoms. The molecule has 1 atom stereocenters. The number of aryl methyl sites for hydroxylation is 2. The molecule has 0 aliphatic heterocycles. The first-order valence-electron chi connectivity index (χ1n) is 5.37. The first-order chi connectivity index (χ1) is 7.06.